The summed E-state index contributed by atoms with van der Waals surface area (Å²) in [4.78, 5) is 26.3. The Morgan fingerprint density at radius 2 is 2.03 bits per heavy atom. The second kappa shape index (κ2) is 10.3. The highest BCUT2D eigenvalue weighted by Gasteiger charge is 2.39. The number of allylic oxidation sites excluding steroid dienone is 1. The van der Waals surface area contributed by atoms with E-state index in [1.165, 1.54) is 6.26 Å². The van der Waals surface area contributed by atoms with Crippen LogP contribution in [0, 0.1) is 5.92 Å². The van der Waals surface area contributed by atoms with E-state index in [1.54, 1.807) is 24.3 Å². The van der Waals surface area contributed by atoms with Crippen molar-refractivity contribution in [1.29, 1.82) is 0 Å². The summed E-state index contributed by atoms with van der Waals surface area (Å²) in [5.74, 6) is -0.781. The third-order valence-electron chi connectivity index (χ3n) is 6.39. The van der Waals surface area contributed by atoms with Crippen LogP contribution in [-0.2, 0) is 14.3 Å². The molecule has 1 fully saturated rings. The number of amides is 1. The van der Waals surface area contributed by atoms with Crippen molar-refractivity contribution in [3.63, 3.8) is 0 Å². The van der Waals surface area contributed by atoms with Crippen LogP contribution in [0.3, 0.4) is 0 Å². The average molecular weight is 442 g/mol. The lowest BCUT2D eigenvalue weighted by Crippen LogP contribution is -2.41. The molecule has 7 heteroatoms. The molecule has 172 valence electrons. The lowest BCUT2D eigenvalue weighted by molar-refractivity contribution is -0.166. The smallest absolute Gasteiger partial charge is 0.286 e. The van der Waals surface area contributed by atoms with Crippen LogP contribution in [0.15, 0.2) is 51.6 Å². The SMILES string of the molecule is CCO[C@@H]1OC(C(=O)NC2CCCC2)=C[C@H](c2coc3ccccc3c2=O)[C@@H]1CCCO. The molecule has 2 heterocycles. The molecular formula is C25H31NO6. The highest BCUT2D eigenvalue weighted by Crippen LogP contribution is 2.39. The van der Waals surface area contributed by atoms with Crippen molar-refractivity contribution >= 4 is 16.9 Å². The normalized spacial score (nSPS) is 23.7. The van der Waals surface area contributed by atoms with Crippen molar-refractivity contribution in [1.82, 2.24) is 5.32 Å². The van der Waals surface area contributed by atoms with Gasteiger partial charge in [0.25, 0.3) is 5.91 Å². The van der Waals surface area contributed by atoms with Crippen molar-refractivity contribution < 1.29 is 23.8 Å². The van der Waals surface area contributed by atoms with E-state index in [9.17, 15) is 14.7 Å². The summed E-state index contributed by atoms with van der Waals surface area (Å²) in [5, 5.41) is 13.0. The van der Waals surface area contributed by atoms with Crippen LogP contribution in [-0.4, -0.2) is 36.6 Å². The number of carbonyl (C=O) groups is 1. The molecule has 0 saturated heterocycles. The molecule has 3 atom stereocenters. The number of aliphatic hydroxyl groups is 1. The molecule has 0 spiro atoms. The third-order valence-corrected chi connectivity index (χ3v) is 6.39. The van der Waals surface area contributed by atoms with Gasteiger partial charge in [0.15, 0.2) is 11.2 Å². The summed E-state index contributed by atoms with van der Waals surface area (Å²) in [6.07, 6.45) is 7.76. The number of aliphatic hydroxyl groups excluding tert-OH is 1. The van der Waals surface area contributed by atoms with Gasteiger partial charge in [-0.2, -0.15) is 0 Å². The van der Waals surface area contributed by atoms with Gasteiger partial charge in [0.2, 0.25) is 6.29 Å². The number of fused-ring (bicyclic) bond motifs is 1. The number of hydrogen-bond donors (Lipinski definition) is 2. The molecule has 2 aliphatic rings. The highest BCUT2D eigenvalue weighted by atomic mass is 16.7. The Kier molecular flexibility index (Phi) is 7.27. The monoisotopic (exact) mass is 441 g/mol. The van der Waals surface area contributed by atoms with E-state index in [4.69, 9.17) is 13.9 Å². The zero-order chi connectivity index (χ0) is 22.5. The summed E-state index contributed by atoms with van der Waals surface area (Å²) >= 11 is 0. The van der Waals surface area contributed by atoms with Gasteiger partial charge in [-0.25, -0.2) is 0 Å². The number of benzene rings is 1. The molecule has 1 aromatic heterocycles. The zero-order valence-electron chi connectivity index (χ0n) is 18.4. The third kappa shape index (κ3) is 4.74. The first kappa shape index (κ1) is 22.6. The highest BCUT2D eigenvalue weighted by molar-refractivity contribution is 5.92. The molecule has 1 amide bonds. The molecule has 1 aromatic carbocycles. The molecule has 0 bridgehead atoms. The molecule has 4 rings (SSSR count). The fourth-order valence-electron chi connectivity index (χ4n) is 4.77. The van der Waals surface area contributed by atoms with Crippen LogP contribution < -0.4 is 10.7 Å². The second-order valence-corrected chi connectivity index (χ2v) is 8.50. The summed E-state index contributed by atoms with van der Waals surface area (Å²) in [5.41, 5.74) is 0.852. The Morgan fingerprint density at radius 3 is 2.78 bits per heavy atom. The first-order valence-electron chi connectivity index (χ1n) is 11.5. The number of carbonyl (C=O) groups excluding carboxylic acids is 1. The molecule has 1 saturated carbocycles. The lowest BCUT2D eigenvalue weighted by atomic mass is 9.81. The van der Waals surface area contributed by atoms with Gasteiger partial charge in [-0.05, 0) is 50.8 Å². The Morgan fingerprint density at radius 1 is 1.25 bits per heavy atom. The zero-order valence-corrected chi connectivity index (χ0v) is 18.4. The minimum absolute atomic E-state index is 0.0210. The van der Waals surface area contributed by atoms with E-state index < -0.39 is 12.2 Å². The van der Waals surface area contributed by atoms with Gasteiger partial charge in [0.05, 0.1) is 11.6 Å². The van der Waals surface area contributed by atoms with E-state index in [2.05, 4.69) is 5.32 Å². The van der Waals surface area contributed by atoms with E-state index in [1.807, 2.05) is 13.0 Å². The fraction of sp³-hybridized carbons (Fsp3) is 0.520. The van der Waals surface area contributed by atoms with Gasteiger partial charge in [-0.3, -0.25) is 9.59 Å². The Bertz CT molecular complexity index is 1020. The predicted molar refractivity (Wildman–Crippen MR) is 120 cm³/mol. The fourth-order valence-corrected chi connectivity index (χ4v) is 4.77. The van der Waals surface area contributed by atoms with E-state index >= 15 is 0 Å². The lowest BCUT2D eigenvalue weighted by Gasteiger charge is -2.36. The Balaban J connectivity index is 1.74. The van der Waals surface area contributed by atoms with Gasteiger partial charge in [0.1, 0.15) is 5.58 Å². The number of nitrogens with one attached hydrogen (secondary N) is 1. The van der Waals surface area contributed by atoms with Crippen LogP contribution in [0.2, 0.25) is 0 Å². The quantitative estimate of drug-likeness (QED) is 0.650. The molecule has 2 N–H and O–H groups in total. The maximum Gasteiger partial charge on any atom is 0.286 e. The van der Waals surface area contributed by atoms with Gasteiger partial charge in [-0.15, -0.1) is 0 Å². The van der Waals surface area contributed by atoms with Crippen LogP contribution in [0.4, 0.5) is 0 Å². The number of hydrogen-bond acceptors (Lipinski definition) is 6. The molecule has 1 aliphatic carbocycles. The number of ether oxygens (including phenoxy) is 2. The van der Waals surface area contributed by atoms with E-state index in [-0.39, 0.29) is 35.7 Å². The van der Waals surface area contributed by atoms with Crippen molar-refractivity contribution in [2.75, 3.05) is 13.2 Å². The molecule has 0 radical (unpaired) electrons. The molecule has 32 heavy (non-hydrogen) atoms. The summed E-state index contributed by atoms with van der Waals surface area (Å²) in [6, 6.07) is 7.26. The van der Waals surface area contributed by atoms with Crippen LogP contribution in [0.1, 0.15) is 56.9 Å². The summed E-state index contributed by atoms with van der Waals surface area (Å²) < 4.78 is 17.6. The maximum atomic E-state index is 13.3. The van der Waals surface area contributed by atoms with Crippen LogP contribution >= 0.6 is 0 Å². The van der Waals surface area contributed by atoms with Gasteiger partial charge >= 0.3 is 0 Å². The van der Waals surface area contributed by atoms with Gasteiger partial charge in [0, 0.05) is 36.7 Å². The maximum absolute atomic E-state index is 13.3. The minimum Gasteiger partial charge on any atom is -0.464 e. The van der Waals surface area contributed by atoms with E-state index in [0.717, 1.165) is 25.7 Å². The number of rotatable bonds is 8. The van der Waals surface area contributed by atoms with Crippen molar-refractivity contribution in [2.24, 2.45) is 5.92 Å². The van der Waals surface area contributed by atoms with Gasteiger partial charge in [-0.1, -0.05) is 25.0 Å². The van der Waals surface area contributed by atoms with Crippen molar-refractivity contribution in [3.05, 3.63) is 58.2 Å². The largest absolute Gasteiger partial charge is 0.464 e. The molecular weight excluding hydrogens is 410 g/mol. The molecule has 2 aromatic rings. The molecule has 1 aliphatic heterocycles. The van der Waals surface area contributed by atoms with Crippen molar-refractivity contribution in [2.45, 2.75) is 63.7 Å². The second-order valence-electron chi connectivity index (χ2n) is 8.50. The van der Waals surface area contributed by atoms with Crippen molar-refractivity contribution in [3.8, 4) is 0 Å². The standard InChI is InChI=1S/C25H31NO6/c1-2-30-25-17(11-7-13-27)19(14-22(32-25)24(29)26-16-8-3-4-9-16)20-15-31-21-12-6-5-10-18(21)23(20)28/h5-6,10,12,14-17,19,25,27H,2-4,7-9,11,13H2,1H3,(H,26,29)/t17-,19-,25+/m0/s1. The van der Waals surface area contributed by atoms with Crippen LogP contribution in [0.5, 0.6) is 0 Å². The Hall–Kier alpha value is -2.64. The topological polar surface area (TPSA) is 98.0 Å². The van der Waals surface area contributed by atoms with Gasteiger partial charge < -0.3 is 24.3 Å². The Labute approximate surface area is 187 Å². The van der Waals surface area contributed by atoms with E-state index in [0.29, 0.717) is 36.0 Å². The predicted octanol–water partition coefficient (Wildman–Crippen LogP) is 3.60. The summed E-state index contributed by atoms with van der Waals surface area (Å²) in [6.45, 7) is 2.28. The summed E-state index contributed by atoms with van der Waals surface area (Å²) in [7, 11) is 0. The van der Waals surface area contributed by atoms with Crippen LogP contribution in [0.25, 0.3) is 11.0 Å². The molecule has 7 nitrogen and oxygen atoms in total. The minimum atomic E-state index is -0.697. The number of para-hydroxylation sites is 1. The first-order valence-corrected chi connectivity index (χ1v) is 11.5. The molecule has 0 unspecified atom stereocenters. The average Bonchev–Trinajstić information content (AvgIpc) is 3.31. The first-order chi connectivity index (χ1) is 15.6.